The lowest BCUT2D eigenvalue weighted by Crippen LogP contribution is -2.35. The number of carbonyl (C=O) groups is 1. The quantitative estimate of drug-likeness (QED) is 0.642. The van der Waals surface area contributed by atoms with E-state index >= 15 is 0 Å². The number of rotatable bonds is 6. The topological polar surface area (TPSA) is 60.8 Å². The lowest BCUT2D eigenvalue weighted by Gasteiger charge is -2.21. The molecule has 1 atom stereocenters. The second kappa shape index (κ2) is 5.32. The highest BCUT2D eigenvalue weighted by Crippen LogP contribution is 2.27. The minimum absolute atomic E-state index is 0.0247. The van der Waals surface area contributed by atoms with Gasteiger partial charge in [-0.1, -0.05) is 0 Å². The molecule has 1 fully saturated rings. The van der Waals surface area contributed by atoms with Gasteiger partial charge in [-0.15, -0.1) is 0 Å². The average molecular weight is 201 g/mol. The summed E-state index contributed by atoms with van der Waals surface area (Å²) in [6.45, 7) is 2.14. The van der Waals surface area contributed by atoms with Gasteiger partial charge in [0.05, 0.1) is 12.7 Å². The van der Waals surface area contributed by atoms with Crippen molar-refractivity contribution in [3.8, 4) is 0 Å². The summed E-state index contributed by atoms with van der Waals surface area (Å²) < 4.78 is 0. The highest BCUT2D eigenvalue weighted by Gasteiger charge is 2.31. The summed E-state index contributed by atoms with van der Waals surface area (Å²) in [5.74, 6) is 0.0578. The summed E-state index contributed by atoms with van der Waals surface area (Å²) in [6.07, 6.45) is 2.58. The van der Waals surface area contributed by atoms with Gasteiger partial charge in [0.2, 0.25) is 5.91 Å². The van der Waals surface area contributed by atoms with Crippen LogP contribution in [0.2, 0.25) is 0 Å². The molecule has 1 unspecified atom stereocenters. The molecular formula is C10H19NO3. The van der Waals surface area contributed by atoms with Gasteiger partial charge in [-0.2, -0.15) is 0 Å². The molecule has 0 heterocycles. The van der Waals surface area contributed by atoms with E-state index in [1.165, 1.54) is 0 Å². The van der Waals surface area contributed by atoms with Crippen LogP contribution in [-0.2, 0) is 4.79 Å². The monoisotopic (exact) mass is 201 g/mol. The number of amides is 1. The third-order valence-corrected chi connectivity index (χ3v) is 2.42. The SMILES string of the molecule is CC(O)CCC(=O)N(CCO)C1CC1. The molecule has 0 spiro atoms. The van der Waals surface area contributed by atoms with E-state index in [-0.39, 0.29) is 12.5 Å². The Morgan fingerprint density at radius 2 is 2.21 bits per heavy atom. The Morgan fingerprint density at radius 3 is 2.64 bits per heavy atom. The molecule has 4 heteroatoms. The Balaban J connectivity index is 2.30. The molecule has 0 saturated heterocycles. The maximum absolute atomic E-state index is 11.6. The number of aliphatic hydroxyl groups excluding tert-OH is 2. The van der Waals surface area contributed by atoms with E-state index in [9.17, 15) is 4.79 Å². The first-order valence-electron chi connectivity index (χ1n) is 5.23. The van der Waals surface area contributed by atoms with Gasteiger partial charge < -0.3 is 15.1 Å². The van der Waals surface area contributed by atoms with Gasteiger partial charge in [-0.25, -0.2) is 0 Å². The summed E-state index contributed by atoms with van der Waals surface area (Å²) in [4.78, 5) is 13.4. The third-order valence-electron chi connectivity index (χ3n) is 2.42. The molecule has 1 saturated carbocycles. The molecular weight excluding hydrogens is 182 g/mol. The highest BCUT2D eigenvalue weighted by atomic mass is 16.3. The first-order chi connectivity index (χ1) is 6.65. The van der Waals surface area contributed by atoms with Gasteiger partial charge in [-0.3, -0.25) is 4.79 Å². The lowest BCUT2D eigenvalue weighted by molar-refractivity contribution is -0.132. The molecule has 1 rings (SSSR count). The van der Waals surface area contributed by atoms with E-state index in [0.29, 0.717) is 25.4 Å². The fraction of sp³-hybridized carbons (Fsp3) is 0.900. The van der Waals surface area contributed by atoms with Crippen LogP contribution in [-0.4, -0.2) is 46.3 Å². The molecule has 0 aromatic heterocycles. The van der Waals surface area contributed by atoms with Crippen LogP contribution in [0.4, 0.5) is 0 Å². The molecule has 14 heavy (non-hydrogen) atoms. The predicted octanol–water partition coefficient (Wildman–Crippen LogP) is 0.131. The number of nitrogens with zero attached hydrogens (tertiary/aromatic N) is 1. The molecule has 4 nitrogen and oxygen atoms in total. The van der Waals surface area contributed by atoms with E-state index in [4.69, 9.17) is 10.2 Å². The second-order valence-corrected chi connectivity index (χ2v) is 3.93. The van der Waals surface area contributed by atoms with Crippen molar-refractivity contribution in [3.05, 3.63) is 0 Å². The lowest BCUT2D eigenvalue weighted by atomic mass is 10.2. The Hall–Kier alpha value is -0.610. The zero-order valence-corrected chi connectivity index (χ0v) is 8.65. The van der Waals surface area contributed by atoms with Gasteiger partial charge in [0, 0.05) is 19.0 Å². The maximum Gasteiger partial charge on any atom is 0.222 e. The Kier molecular flexibility index (Phi) is 4.35. The summed E-state index contributed by atoms with van der Waals surface area (Å²) >= 11 is 0. The van der Waals surface area contributed by atoms with Crippen molar-refractivity contribution < 1.29 is 15.0 Å². The Labute approximate surface area is 84.5 Å². The van der Waals surface area contributed by atoms with E-state index < -0.39 is 6.10 Å². The maximum atomic E-state index is 11.6. The molecule has 0 aromatic carbocycles. The van der Waals surface area contributed by atoms with E-state index in [0.717, 1.165) is 12.8 Å². The zero-order valence-electron chi connectivity index (χ0n) is 8.65. The Bertz CT molecular complexity index is 190. The van der Waals surface area contributed by atoms with Crippen LogP contribution in [0.5, 0.6) is 0 Å². The molecule has 82 valence electrons. The molecule has 0 bridgehead atoms. The Morgan fingerprint density at radius 1 is 1.57 bits per heavy atom. The smallest absolute Gasteiger partial charge is 0.222 e. The van der Waals surface area contributed by atoms with Crippen LogP contribution in [0, 0.1) is 0 Å². The molecule has 1 aliphatic carbocycles. The van der Waals surface area contributed by atoms with E-state index in [1.807, 2.05) is 0 Å². The van der Waals surface area contributed by atoms with Gasteiger partial charge in [0.15, 0.2) is 0 Å². The highest BCUT2D eigenvalue weighted by molar-refractivity contribution is 5.76. The zero-order chi connectivity index (χ0) is 10.6. The standard InChI is InChI=1S/C10H19NO3/c1-8(13)2-5-10(14)11(6-7-12)9-3-4-9/h8-9,12-13H,2-7H2,1H3. The van der Waals surface area contributed by atoms with Gasteiger partial charge in [0.1, 0.15) is 0 Å². The van der Waals surface area contributed by atoms with E-state index in [2.05, 4.69) is 0 Å². The van der Waals surface area contributed by atoms with Crippen molar-refractivity contribution in [1.29, 1.82) is 0 Å². The minimum Gasteiger partial charge on any atom is -0.395 e. The largest absolute Gasteiger partial charge is 0.395 e. The van der Waals surface area contributed by atoms with Gasteiger partial charge in [-0.05, 0) is 26.2 Å². The van der Waals surface area contributed by atoms with Crippen LogP contribution in [0.25, 0.3) is 0 Å². The number of hydrogen-bond acceptors (Lipinski definition) is 3. The van der Waals surface area contributed by atoms with Gasteiger partial charge in [0.25, 0.3) is 0 Å². The van der Waals surface area contributed by atoms with Crippen LogP contribution >= 0.6 is 0 Å². The first kappa shape index (κ1) is 11.5. The second-order valence-electron chi connectivity index (χ2n) is 3.93. The number of carbonyl (C=O) groups excluding carboxylic acids is 1. The van der Waals surface area contributed by atoms with Crippen LogP contribution in [0.1, 0.15) is 32.6 Å². The normalized spacial score (nSPS) is 17.9. The van der Waals surface area contributed by atoms with Crippen molar-refractivity contribution >= 4 is 5.91 Å². The predicted molar refractivity (Wildman–Crippen MR) is 52.7 cm³/mol. The molecule has 0 aromatic rings. The fourth-order valence-electron chi connectivity index (χ4n) is 1.48. The van der Waals surface area contributed by atoms with Crippen molar-refractivity contribution in [1.82, 2.24) is 4.90 Å². The van der Waals surface area contributed by atoms with Crippen molar-refractivity contribution in [2.75, 3.05) is 13.2 Å². The summed E-state index contributed by atoms with van der Waals surface area (Å²) in [5.41, 5.74) is 0. The third kappa shape index (κ3) is 3.64. The molecule has 0 aliphatic heterocycles. The molecule has 1 aliphatic rings. The number of aliphatic hydroxyl groups is 2. The molecule has 2 N–H and O–H groups in total. The minimum atomic E-state index is -0.422. The fourth-order valence-corrected chi connectivity index (χ4v) is 1.48. The number of hydrogen-bond donors (Lipinski definition) is 2. The van der Waals surface area contributed by atoms with Crippen molar-refractivity contribution in [2.24, 2.45) is 0 Å². The average Bonchev–Trinajstić information content (AvgIpc) is 2.93. The summed E-state index contributed by atoms with van der Waals surface area (Å²) in [5, 5.41) is 17.8. The summed E-state index contributed by atoms with van der Waals surface area (Å²) in [7, 11) is 0. The van der Waals surface area contributed by atoms with Gasteiger partial charge >= 0.3 is 0 Å². The van der Waals surface area contributed by atoms with Crippen LogP contribution < -0.4 is 0 Å². The summed E-state index contributed by atoms with van der Waals surface area (Å²) in [6, 6.07) is 0.351. The first-order valence-corrected chi connectivity index (χ1v) is 5.23. The van der Waals surface area contributed by atoms with Crippen LogP contribution in [0.15, 0.2) is 0 Å². The van der Waals surface area contributed by atoms with E-state index in [1.54, 1.807) is 11.8 Å². The van der Waals surface area contributed by atoms with Crippen molar-refractivity contribution in [3.63, 3.8) is 0 Å². The van der Waals surface area contributed by atoms with Crippen molar-refractivity contribution in [2.45, 2.75) is 44.8 Å². The van der Waals surface area contributed by atoms with Crippen LogP contribution in [0.3, 0.4) is 0 Å². The molecule has 0 radical (unpaired) electrons. The molecule has 1 amide bonds.